The number of hydrogen-bond donors (Lipinski definition) is 1. The summed E-state index contributed by atoms with van der Waals surface area (Å²) in [5.41, 5.74) is -0.957. The van der Waals surface area contributed by atoms with Crippen molar-refractivity contribution >= 4 is 16.0 Å². The minimum Gasteiger partial charge on any atom is -0.465 e. The van der Waals surface area contributed by atoms with E-state index in [4.69, 9.17) is 0 Å². The third-order valence-electron chi connectivity index (χ3n) is 2.35. The molecule has 1 N–H and O–H groups in total. The van der Waals surface area contributed by atoms with Crippen LogP contribution in [0.25, 0.3) is 0 Å². The maximum atomic E-state index is 12.5. The molecule has 0 amide bonds. The van der Waals surface area contributed by atoms with Gasteiger partial charge in [0.25, 0.3) is 0 Å². The van der Waals surface area contributed by atoms with Gasteiger partial charge in [-0.25, -0.2) is 13.1 Å². The van der Waals surface area contributed by atoms with Crippen LogP contribution in [0.15, 0.2) is 24.3 Å². The number of rotatable bonds is 6. The average molecular weight is 325 g/mol. The van der Waals surface area contributed by atoms with E-state index in [1.54, 1.807) is 6.92 Å². The summed E-state index contributed by atoms with van der Waals surface area (Å²) in [6.07, 6.45) is -4.54. The molecule has 0 spiro atoms. The predicted octanol–water partition coefficient (Wildman–Crippen LogP) is 1.69. The fourth-order valence-electron chi connectivity index (χ4n) is 1.49. The smallest absolute Gasteiger partial charge is 0.416 e. The second-order valence-electron chi connectivity index (χ2n) is 4.08. The lowest BCUT2D eigenvalue weighted by Gasteiger charge is -2.10. The molecule has 5 nitrogen and oxygen atoms in total. The predicted molar refractivity (Wildman–Crippen MR) is 68.7 cm³/mol. The van der Waals surface area contributed by atoms with Crippen molar-refractivity contribution < 1.29 is 31.1 Å². The summed E-state index contributed by atoms with van der Waals surface area (Å²) < 4.78 is 67.4. The Morgan fingerprint density at radius 3 is 2.57 bits per heavy atom. The Morgan fingerprint density at radius 1 is 1.33 bits per heavy atom. The molecule has 0 aromatic heterocycles. The molecule has 9 heteroatoms. The number of nitrogens with one attached hydrogen (secondary N) is 1. The maximum absolute atomic E-state index is 12.5. The molecule has 21 heavy (non-hydrogen) atoms. The number of esters is 1. The van der Waals surface area contributed by atoms with Gasteiger partial charge in [-0.15, -0.1) is 0 Å². The highest BCUT2D eigenvalue weighted by Gasteiger charge is 2.30. The number of sulfonamides is 1. The van der Waals surface area contributed by atoms with Crippen LogP contribution < -0.4 is 4.72 Å². The van der Waals surface area contributed by atoms with E-state index in [-0.39, 0.29) is 12.2 Å². The summed E-state index contributed by atoms with van der Waals surface area (Å²) in [7, 11) is -3.93. The van der Waals surface area contributed by atoms with E-state index in [2.05, 4.69) is 4.74 Å². The Labute approximate surface area is 120 Å². The standard InChI is InChI=1S/C12H14F3NO4S/c1-2-20-11(17)7-16-21(18,19)8-9-4-3-5-10(6-9)12(13,14)15/h3-6,16H,2,7-8H2,1H3. The van der Waals surface area contributed by atoms with Crippen molar-refractivity contribution in [2.24, 2.45) is 0 Å². The molecule has 1 rings (SSSR count). The van der Waals surface area contributed by atoms with Crippen LogP contribution in [0.1, 0.15) is 18.1 Å². The molecule has 0 aliphatic rings. The third kappa shape index (κ3) is 6.13. The Bertz CT molecular complexity index is 599. The van der Waals surface area contributed by atoms with Crippen LogP contribution in [0, 0.1) is 0 Å². The van der Waals surface area contributed by atoms with Gasteiger partial charge in [0.15, 0.2) is 0 Å². The molecule has 0 unspecified atom stereocenters. The SMILES string of the molecule is CCOC(=O)CNS(=O)(=O)Cc1cccc(C(F)(F)F)c1. The Hall–Kier alpha value is -1.61. The van der Waals surface area contributed by atoms with Gasteiger partial charge in [0.05, 0.1) is 17.9 Å². The maximum Gasteiger partial charge on any atom is 0.416 e. The first-order valence-corrected chi connectivity index (χ1v) is 7.58. The number of ether oxygens (including phenoxy) is 1. The minimum absolute atomic E-state index is 0.0267. The number of alkyl halides is 3. The van der Waals surface area contributed by atoms with E-state index in [1.165, 1.54) is 6.07 Å². The van der Waals surface area contributed by atoms with Crippen LogP contribution in [0.2, 0.25) is 0 Å². The number of hydrogen-bond acceptors (Lipinski definition) is 4. The minimum atomic E-state index is -4.54. The van der Waals surface area contributed by atoms with Gasteiger partial charge in [-0.05, 0) is 18.6 Å². The average Bonchev–Trinajstić information content (AvgIpc) is 2.36. The lowest BCUT2D eigenvalue weighted by molar-refractivity contribution is -0.141. The molecule has 0 aliphatic carbocycles. The van der Waals surface area contributed by atoms with E-state index in [0.29, 0.717) is 0 Å². The zero-order valence-corrected chi connectivity index (χ0v) is 11.9. The van der Waals surface area contributed by atoms with E-state index in [1.807, 2.05) is 4.72 Å². The van der Waals surface area contributed by atoms with Gasteiger partial charge in [0.1, 0.15) is 6.54 Å². The topological polar surface area (TPSA) is 72.5 Å². The molecule has 118 valence electrons. The van der Waals surface area contributed by atoms with E-state index in [9.17, 15) is 26.4 Å². The molecule has 0 saturated carbocycles. The summed E-state index contributed by atoms with van der Waals surface area (Å²) in [5.74, 6) is -1.42. The van der Waals surface area contributed by atoms with Crippen molar-refractivity contribution in [3.05, 3.63) is 35.4 Å². The Morgan fingerprint density at radius 2 is 2.00 bits per heavy atom. The first kappa shape index (κ1) is 17.4. The largest absolute Gasteiger partial charge is 0.465 e. The summed E-state index contributed by atoms with van der Waals surface area (Å²) >= 11 is 0. The van der Waals surface area contributed by atoms with Gasteiger partial charge >= 0.3 is 12.1 Å². The van der Waals surface area contributed by atoms with Gasteiger partial charge < -0.3 is 4.74 Å². The highest BCUT2D eigenvalue weighted by Crippen LogP contribution is 2.29. The molecule has 1 aromatic carbocycles. The number of carbonyl (C=O) groups is 1. The summed E-state index contributed by atoms with van der Waals surface area (Å²) in [6.45, 7) is 1.11. The van der Waals surface area contributed by atoms with Crippen LogP contribution in [0.5, 0.6) is 0 Å². The molecule has 0 bridgehead atoms. The van der Waals surface area contributed by atoms with Crippen LogP contribution in [0.3, 0.4) is 0 Å². The van der Waals surface area contributed by atoms with Crippen molar-refractivity contribution in [2.45, 2.75) is 18.9 Å². The monoisotopic (exact) mass is 325 g/mol. The summed E-state index contributed by atoms with van der Waals surface area (Å²) in [6, 6.07) is 3.99. The number of carbonyl (C=O) groups excluding carboxylic acids is 1. The van der Waals surface area contributed by atoms with E-state index < -0.39 is 40.0 Å². The fraction of sp³-hybridized carbons (Fsp3) is 0.417. The van der Waals surface area contributed by atoms with Crippen LogP contribution in [-0.2, 0) is 31.5 Å². The first-order chi connectivity index (χ1) is 9.64. The fourth-order valence-corrected chi connectivity index (χ4v) is 2.55. The van der Waals surface area contributed by atoms with E-state index >= 15 is 0 Å². The molecule has 0 atom stereocenters. The molecule has 0 fully saturated rings. The van der Waals surface area contributed by atoms with Crippen molar-refractivity contribution in [3.8, 4) is 0 Å². The van der Waals surface area contributed by atoms with Gasteiger partial charge in [0.2, 0.25) is 10.0 Å². The van der Waals surface area contributed by atoms with Crippen LogP contribution in [0.4, 0.5) is 13.2 Å². The van der Waals surface area contributed by atoms with Gasteiger partial charge in [-0.3, -0.25) is 4.79 Å². The molecule has 0 aliphatic heterocycles. The Kier molecular flexibility index (Phi) is 5.73. The highest BCUT2D eigenvalue weighted by atomic mass is 32.2. The molecular formula is C12H14F3NO4S. The number of benzene rings is 1. The van der Waals surface area contributed by atoms with Crippen molar-refractivity contribution in [1.29, 1.82) is 0 Å². The lowest BCUT2D eigenvalue weighted by Crippen LogP contribution is -2.31. The molecule has 1 aromatic rings. The van der Waals surface area contributed by atoms with Crippen molar-refractivity contribution in [3.63, 3.8) is 0 Å². The normalized spacial score (nSPS) is 12.2. The Balaban J connectivity index is 2.74. The highest BCUT2D eigenvalue weighted by molar-refractivity contribution is 7.88. The number of halogens is 3. The molecule has 0 heterocycles. The second-order valence-corrected chi connectivity index (χ2v) is 5.89. The van der Waals surface area contributed by atoms with Crippen LogP contribution >= 0.6 is 0 Å². The van der Waals surface area contributed by atoms with Crippen molar-refractivity contribution in [1.82, 2.24) is 4.72 Å². The molecule has 0 saturated heterocycles. The van der Waals surface area contributed by atoms with E-state index in [0.717, 1.165) is 18.2 Å². The summed E-state index contributed by atoms with van der Waals surface area (Å²) in [5, 5.41) is 0. The molecule has 0 radical (unpaired) electrons. The zero-order chi connectivity index (χ0) is 16.1. The van der Waals surface area contributed by atoms with Gasteiger partial charge in [-0.1, -0.05) is 18.2 Å². The first-order valence-electron chi connectivity index (χ1n) is 5.93. The van der Waals surface area contributed by atoms with Gasteiger partial charge in [-0.2, -0.15) is 13.2 Å². The second kappa shape index (κ2) is 6.90. The van der Waals surface area contributed by atoms with Crippen LogP contribution in [-0.4, -0.2) is 27.5 Å². The van der Waals surface area contributed by atoms with Gasteiger partial charge in [0, 0.05) is 0 Å². The lowest BCUT2D eigenvalue weighted by atomic mass is 10.1. The third-order valence-corrected chi connectivity index (χ3v) is 3.65. The van der Waals surface area contributed by atoms with Crippen molar-refractivity contribution in [2.75, 3.05) is 13.2 Å². The molecular weight excluding hydrogens is 311 g/mol. The summed E-state index contributed by atoms with van der Waals surface area (Å²) in [4.78, 5) is 11.0. The zero-order valence-electron chi connectivity index (χ0n) is 11.1. The quantitative estimate of drug-likeness (QED) is 0.808.